The second kappa shape index (κ2) is 10.7. The third kappa shape index (κ3) is 10.4. The van der Waals surface area contributed by atoms with Crippen LogP contribution in [0.3, 0.4) is 0 Å². The molecule has 1 unspecified atom stereocenters. The van der Waals surface area contributed by atoms with Crippen LogP contribution in [-0.2, 0) is 9.59 Å². The Kier molecular flexibility index (Phi) is 10.4. The number of hydrogen-bond donors (Lipinski definition) is 2. The largest absolute Gasteiger partial charge is 0.354 e. The Balaban J connectivity index is 3.60. The van der Waals surface area contributed by atoms with Crippen LogP contribution >= 0.6 is 23.2 Å². The van der Waals surface area contributed by atoms with Crippen molar-refractivity contribution in [3.05, 3.63) is 0 Å². The van der Waals surface area contributed by atoms with E-state index in [0.29, 0.717) is 44.0 Å². The van der Waals surface area contributed by atoms with Gasteiger partial charge in [0, 0.05) is 37.2 Å². The van der Waals surface area contributed by atoms with Gasteiger partial charge in [0.1, 0.15) is 0 Å². The van der Waals surface area contributed by atoms with Gasteiger partial charge in [-0.3, -0.25) is 9.59 Å². The zero-order chi connectivity index (χ0) is 13.1. The van der Waals surface area contributed by atoms with Crippen molar-refractivity contribution in [2.24, 2.45) is 0 Å². The Hall–Kier alpha value is -0.480. The molecule has 2 N–H and O–H groups in total. The quantitative estimate of drug-likeness (QED) is 0.632. The van der Waals surface area contributed by atoms with E-state index in [1.807, 2.05) is 6.92 Å². The number of carbonyl (C=O) groups is 2. The van der Waals surface area contributed by atoms with Crippen LogP contribution in [0.2, 0.25) is 0 Å². The van der Waals surface area contributed by atoms with Crippen LogP contribution in [-0.4, -0.2) is 36.2 Å². The lowest BCUT2D eigenvalue weighted by Gasteiger charge is -2.14. The topological polar surface area (TPSA) is 58.2 Å². The first-order valence-electron chi connectivity index (χ1n) is 5.78. The predicted octanol–water partition coefficient (Wildman–Crippen LogP) is 1.65. The van der Waals surface area contributed by atoms with Crippen molar-refractivity contribution in [1.82, 2.24) is 10.6 Å². The van der Waals surface area contributed by atoms with Gasteiger partial charge in [-0.05, 0) is 19.8 Å². The lowest BCUT2D eigenvalue weighted by molar-refractivity contribution is -0.123. The number of hydrogen-bond acceptors (Lipinski definition) is 2. The van der Waals surface area contributed by atoms with Crippen LogP contribution in [0.25, 0.3) is 0 Å². The molecule has 0 aromatic heterocycles. The molecule has 0 rings (SSSR count). The third-order valence-corrected chi connectivity index (χ3v) is 2.62. The molecule has 6 heteroatoms. The normalized spacial score (nSPS) is 11.9. The molecule has 0 aliphatic rings. The van der Waals surface area contributed by atoms with E-state index in [-0.39, 0.29) is 17.9 Å². The summed E-state index contributed by atoms with van der Waals surface area (Å²) in [5.74, 6) is 0.899. The van der Waals surface area contributed by atoms with Crippen molar-refractivity contribution in [3.8, 4) is 0 Å². The van der Waals surface area contributed by atoms with Gasteiger partial charge in [-0.15, -0.1) is 23.2 Å². The molecular weight excluding hydrogens is 263 g/mol. The zero-order valence-electron chi connectivity index (χ0n) is 10.1. The lowest BCUT2D eigenvalue weighted by Crippen LogP contribution is -2.41. The summed E-state index contributed by atoms with van der Waals surface area (Å²) in [6.45, 7) is 2.29. The number of rotatable bonds is 9. The first-order valence-corrected chi connectivity index (χ1v) is 6.85. The molecule has 2 amide bonds. The van der Waals surface area contributed by atoms with Gasteiger partial charge in [-0.1, -0.05) is 0 Å². The predicted molar refractivity (Wildman–Crippen MR) is 70.5 cm³/mol. The van der Waals surface area contributed by atoms with Gasteiger partial charge in [0.2, 0.25) is 11.8 Å². The highest BCUT2D eigenvalue weighted by Crippen LogP contribution is 1.94. The minimum Gasteiger partial charge on any atom is -0.354 e. The summed E-state index contributed by atoms with van der Waals surface area (Å²) < 4.78 is 0. The highest BCUT2D eigenvalue weighted by atomic mass is 35.5. The molecule has 1 atom stereocenters. The van der Waals surface area contributed by atoms with E-state index in [1.54, 1.807) is 0 Å². The van der Waals surface area contributed by atoms with Gasteiger partial charge in [0.15, 0.2) is 0 Å². The van der Waals surface area contributed by atoms with E-state index in [4.69, 9.17) is 23.2 Å². The summed E-state index contributed by atoms with van der Waals surface area (Å²) in [4.78, 5) is 22.6. The number of halogens is 2. The van der Waals surface area contributed by atoms with Crippen molar-refractivity contribution in [2.75, 3.05) is 18.3 Å². The molecule has 0 spiro atoms. The molecule has 0 saturated heterocycles. The maximum Gasteiger partial charge on any atom is 0.220 e. The molecule has 4 nitrogen and oxygen atoms in total. The van der Waals surface area contributed by atoms with Crippen molar-refractivity contribution >= 4 is 35.0 Å². The molecule has 0 aliphatic heterocycles. The Morgan fingerprint density at radius 3 is 2.12 bits per heavy atom. The smallest absolute Gasteiger partial charge is 0.220 e. The molecule has 0 aliphatic carbocycles. The number of carbonyl (C=O) groups excluding carboxylic acids is 2. The summed E-state index contributed by atoms with van der Waals surface area (Å²) in [7, 11) is 0. The molecule has 17 heavy (non-hydrogen) atoms. The molecule has 0 aromatic carbocycles. The fourth-order valence-corrected chi connectivity index (χ4v) is 1.48. The van der Waals surface area contributed by atoms with Gasteiger partial charge in [0.25, 0.3) is 0 Å². The van der Waals surface area contributed by atoms with Crippen molar-refractivity contribution in [1.29, 1.82) is 0 Å². The Morgan fingerprint density at radius 1 is 1.06 bits per heavy atom. The molecular formula is C11H20Cl2N2O2. The van der Waals surface area contributed by atoms with Gasteiger partial charge >= 0.3 is 0 Å². The van der Waals surface area contributed by atoms with E-state index in [0.717, 1.165) is 0 Å². The molecule has 100 valence electrons. The highest BCUT2D eigenvalue weighted by molar-refractivity contribution is 6.18. The van der Waals surface area contributed by atoms with E-state index in [9.17, 15) is 9.59 Å². The third-order valence-electron chi connectivity index (χ3n) is 2.09. The van der Waals surface area contributed by atoms with E-state index >= 15 is 0 Å². The highest BCUT2D eigenvalue weighted by Gasteiger charge is 2.08. The van der Waals surface area contributed by atoms with Crippen LogP contribution < -0.4 is 10.6 Å². The molecule has 0 bridgehead atoms. The van der Waals surface area contributed by atoms with E-state index in [1.165, 1.54) is 0 Å². The van der Waals surface area contributed by atoms with Gasteiger partial charge in [-0.25, -0.2) is 0 Å². The fraction of sp³-hybridized carbons (Fsp3) is 0.818. The van der Waals surface area contributed by atoms with Crippen molar-refractivity contribution < 1.29 is 9.59 Å². The zero-order valence-corrected chi connectivity index (χ0v) is 11.6. The maximum atomic E-state index is 11.3. The second-order valence-electron chi connectivity index (χ2n) is 3.86. The Bertz CT molecular complexity index is 238. The molecule has 0 heterocycles. The van der Waals surface area contributed by atoms with Crippen molar-refractivity contribution in [2.45, 2.75) is 38.6 Å². The van der Waals surface area contributed by atoms with Gasteiger partial charge < -0.3 is 10.6 Å². The average molecular weight is 283 g/mol. The van der Waals surface area contributed by atoms with E-state index < -0.39 is 0 Å². The Morgan fingerprint density at radius 2 is 1.59 bits per heavy atom. The SMILES string of the molecule is CC(CNC(=O)CCCCl)NC(=O)CCCCl. The molecule has 0 saturated carbocycles. The van der Waals surface area contributed by atoms with Crippen LogP contribution in [0.4, 0.5) is 0 Å². The van der Waals surface area contributed by atoms with Crippen LogP contribution in [0.1, 0.15) is 32.6 Å². The van der Waals surface area contributed by atoms with Gasteiger partial charge in [-0.2, -0.15) is 0 Å². The van der Waals surface area contributed by atoms with Gasteiger partial charge in [0.05, 0.1) is 0 Å². The van der Waals surface area contributed by atoms with Crippen LogP contribution in [0.15, 0.2) is 0 Å². The summed E-state index contributed by atoms with van der Waals surface area (Å²) in [5.41, 5.74) is 0. The fourth-order valence-electron chi connectivity index (χ4n) is 1.21. The first kappa shape index (κ1) is 16.5. The van der Waals surface area contributed by atoms with Crippen LogP contribution in [0.5, 0.6) is 0 Å². The minimum absolute atomic E-state index is 0.0341. The summed E-state index contributed by atoms with van der Waals surface area (Å²) in [6.07, 6.45) is 2.19. The monoisotopic (exact) mass is 282 g/mol. The number of alkyl halides is 2. The second-order valence-corrected chi connectivity index (χ2v) is 4.61. The molecule has 0 fully saturated rings. The first-order chi connectivity index (χ1) is 8.10. The molecule has 0 radical (unpaired) electrons. The van der Waals surface area contributed by atoms with E-state index in [2.05, 4.69) is 10.6 Å². The maximum absolute atomic E-state index is 11.3. The number of amides is 2. The summed E-state index contributed by atoms with van der Waals surface area (Å²) in [6, 6.07) is -0.0715. The minimum atomic E-state index is -0.0715. The van der Waals surface area contributed by atoms with Crippen molar-refractivity contribution in [3.63, 3.8) is 0 Å². The lowest BCUT2D eigenvalue weighted by atomic mass is 10.2. The van der Waals surface area contributed by atoms with Crippen LogP contribution in [0, 0.1) is 0 Å². The summed E-state index contributed by atoms with van der Waals surface area (Å²) in [5, 5.41) is 5.53. The number of nitrogens with one attached hydrogen (secondary N) is 2. The Labute approximate surface area is 112 Å². The summed E-state index contributed by atoms with van der Waals surface area (Å²) >= 11 is 11.0. The molecule has 0 aromatic rings. The standard InChI is InChI=1S/C11H20Cl2N2O2/c1-9(15-11(17)5-3-7-13)8-14-10(16)4-2-6-12/h9H,2-8H2,1H3,(H,14,16)(H,15,17). The average Bonchev–Trinajstić information content (AvgIpc) is 2.31.